The lowest BCUT2D eigenvalue weighted by Gasteiger charge is -2.15. The maximum atomic E-state index is 12.9. The number of hydrogen-bond donors (Lipinski definition) is 2. The normalized spacial score (nSPS) is 11.0. The first-order chi connectivity index (χ1) is 15.6. The van der Waals surface area contributed by atoms with E-state index < -0.39 is 21.9 Å². The second-order valence-corrected chi connectivity index (χ2v) is 9.36. The zero-order chi connectivity index (χ0) is 24.2. The summed E-state index contributed by atoms with van der Waals surface area (Å²) in [5.74, 6) is -0.989. The number of carbonyl (C=O) groups excluding carboxylic acids is 2. The lowest BCUT2D eigenvalue weighted by molar-refractivity contribution is 0.0526. The number of anilines is 2. The molecule has 7 nitrogen and oxygen atoms in total. The summed E-state index contributed by atoms with van der Waals surface area (Å²) in [5, 5.41) is 2.86. The average Bonchev–Trinajstić information content (AvgIpc) is 2.77. The number of ether oxygens (including phenoxy) is 1. The molecule has 0 bridgehead atoms. The first kappa shape index (κ1) is 24.3. The fraction of sp³-hybridized carbons (Fsp3) is 0.167. The van der Waals surface area contributed by atoms with Crippen LogP contribution in [-0.4, -0.2) is 26.9 Å². The highest BCUT2D eigenvalue weighted by Gasteiger charge is 2.19. The number of aryl methyl sites for hydroxylation is 1. The minimum atomic E-state index is -3.82. The number of nitrogens with one attached hydrogen (secondary N) is 2. The number of rotatable bonds is 7. The van der Waals surface area contributed by atoms with Crippen LogP contribution >= 0.6 is 11.6 Å². The van der Waals surface area contributed by atoms with E-state index in [0.717, 1.165) is 5.56 Å². The van der Waals surface area contributed by atoms with Gasteiger partial charge in [-0.3, -0.25) is 9.52 Å². The standard InChI is InChI=1S/C24H23ClN2O5S/c1-4-32-24(29)17-10-13-22(20(25)14-17)26-23(28)19-6-5-7-21(16(19)3)27-33(30,31)18-11-8-15(2)9-12-18/h5-14,27H,4H2,1-3H3,(H,26,28). The van der Waals surface area contributed by atoms with Gasteiger partial charge in [-0.15, -0.1) is 0 Å². The van der Waals surface area contributed by atoms with Crippen LogP contribution in [-0.2, 0) is 14.8 Å². The minimum absolute atomic E-state index is 0.121. The van der Waals surface area contributed by atoms with Crippen LogP contribution < -0.4 is 10.0 Å². The van der Waals surface area contributed by atoms with Crippen molar-refractivity contribution in [3.8, 4) is 0 Å². The second kappa shape index (κ2) is 10.1. The summed E-state index contributed by atoms with van der Waals surface area (Å²) in [6.07, 6.45) is 0. The molecule has 3 aromatic rings. The van der Waals surface area contributed by atoms with Crippen molar-refractivity contribution in [3.63, 3.8) is 0 Å². The fourth-order valence-corrected chi connectivity index (χ4v) is 4.41. The van der Waals surface area contributed by atoms with Crippen LogP contribution in [0.2, 0.25) is 5.02 Å². The molecule has 172 valence electrons. The van der Waals surface area contributed by atoms with Crippen LogP contribution in [0.5, 0.6) is 0 Å². The van der Waals surface area contributed by atoms with Crippen LogP contribution in [0.15, 0.2) is 65.6 Å². The van der Waals surface area contributed by atoms with E-state index >= 15 is 0 Å². The predicted molar refractivity (Wildman–Crippen MR) is 129 cm³/mol. The molecule has 0 heterocycles. The molecule has 0 saturated heterocycles. The number of sulfonamides is 1. The second-order valence-electron chi connectivity index (χ2n) is 7.27. The Bertz CT molecular complexity index is 1300. The van der Waals surface area contributed by atoms with Gasteiger partial charge in [0.15, 0.2) is 0 Å². The van der Waals surface area contributed by atoms with E-state index in [1.165, 1.54) is 30.3 Å². The van der Waals surface area contributed by atoms with Crippen molar-refractivity contribution in [1.29, 1.82) is 0 Å². The minimum Gasteiger partial charge on any atom is -0.462 e. The van der Waals surface area contributed by atoms with Gasteiger partial charge in [0.05, 0.1) is 33.5 Å². The zero-order valence-corrected chi connectivity index (χ0v) is 19.9. The molecule has 0 radical (unpaired) electrons. The predicted octanol–water partition coefficient (Wildman–Crippen LogP) is 5.19. The van der Waals surface area contributed by atoms with Gasteiger partial charge in [-0.25, -0.2) is 13.2 Å². The largest absolute Gasteiger partial charge is 0.462 e. The number of halogens is 1. The van der Waals surface area contributed by atoms with E-state index in [-0.39, 0.29) is 33.3 Å². The molecule has 9 heteroatoms. The third-order valence-electron chi connectivity index (χ3n) is 4.88. The Labute approximate surface area is 197 Å². The molecule has 0 aromatic heterocycles. The first-order valence-corrected chi connectivity index (χ1v) is 12.0. The summed E-state index contributed by atoms with van der Waals surface area (Å²) >= 11 is 6.23. The summed E-state index contributed by atoms with van der Waals surface area (Å²) in [5.41, 5.74) is 2.52. The van der Waals surface area contributed by atoms with Crippen LogP contribution in [0, 0.1) is 13.8 Å². The molecule has 33 heavy (non-hydrogen) atoms. The first-order valence-electron chi connectivity index (χ1n) is 10.1. The van der Waals surface area contributed by atoms with E-state index in [1.807, 2.05) is 6.92 Å². The lowest BCUT2D eigenvalue weighted by Crippen LogP contribution is -2.17. The number of benzene rings is 3. The van der Waals surface area contributed by atoms with Crippen LogP contribution in [0.3, 0.4) is 0 Å². The molecular weight excluding hydrogens is 464 g/mol. The summed E-state index contributed by atoms with van der Waals surface area (Å²) in [4.78, 5) is 24.9. The highest BCUT2D eigenvalue weighted by molar-refractivity contribution is 7.92. The Morgan fingerprint density at radius 3 is 2.30 bits per heavy atom. The summed E-state index contributed by atoms with van der Waals surface area (Å²) < 4.78 is 33.0. The molecule has 0 fully saturated rings. The molecular formula is C24H23ClN2O5S. The summed E-state index contributed by atoms with van der Waals surface area (Å²) in [6.45, 7) is 5.45. The maximum absolute atomic E-state index is 12.9. The Balaban J connectivity index is 1.82. The van der Waals surface area contributed by atoms with E-state index in [1.54, 1.807) is 44.2 Å². The Morgan fingerprint density at radius 1 is 0.970 bits per heavy atom. The molecule has 1 amide bonds. The van der Waals surface area contributed by atoms with Crippen LogP contribution in [0.25, 0.3) is 0 Å². The molecule has 3 rings (SSSR count). The smallest absolute Gasteiger partial charge is 0.338 e. The van der Waals surface area contributed by atoms with E-state index in [4.69, 9.17) is 16.3 Å². The molecule has 0 aliphatic carbocycles. The van der Waals surface area contributed by atoms with Gasteiger partial charge in [0, 0.05) is 5.56 Å². The van der Waals surface area contributed by atoms with Crippen molar-refractivity contribution < 1.29 is 22.7 Å². The fourth-order valence-electron chi connectivity index (χ4n) is 3.06. The Morgan fingerprint density at radius 2 is 1.67 bits per heavy atom. The van der Waals surface area contributed by atoms with Crippen molar-refractivity contribution in [2.75, 3.05) is 16.6 Å². The van der Waals surface area contributed by atoms with Crippen molar-refractivity contribution in [2.24, 2.45) is 0 Å². The van der Waals surface area contributed by atoms with Crippen LogP contribution in [0.1, 0.15) is 38.8 Å². The maximum Gasteiger partial charge on any atom is 0.338 e. The quantitative estimate of drug-likeness (QED) is 0.448. The van der Waals surface area contributed by atoms with Gasteiger partial charge in [-0.2, -0.15) is 0 Å². The number of carbonyl (C=O) groups is 2. The molecule has 3 aromatic carbocycles. The van der Waals surface area contributed by atoms with Crippen molar-refractivity contribution in [1.82, 2.24) is 0 Å². The molecule has 0 saturated carbocycles. The average molecular weight is 487 g/mol. The van der Waals surface area contributed by atoms with Gasteiger partial charge in [-0.1, -0.05) is 35.4 Å². The topological polar surface area (TPSA) is 102 Å². The van der Waals surface area contributed by atoms with Gasteiger partial charge in [0.2, 0.25) is 0 Å². The third-order valence-corrected chi connectivity index (χ3v) is 6.58. The molecule has 0 spiro atoms. The van der Waals surface area contributed by atoms with Gasteiger partial charge in [-0.05, 0) is 68.8 Å². The lowest BCUT2D eigenvalue weighted by atomic mass is 10.1. The Hall–Kier alpha value is -3.36. The molecule has 0 aliphatic rings. The van der Waals surface area contributed by atoms with Gasteiger partial charge >= 0.3 is 5.97 Å². The Kier molecular flexibility index (Phi) is 7.40. The summed E-state index contributed by atoms with van der Waals surface area (Å²) in [7, 11) is -3.82. The number of esters is 1. The van der Waals surface area contributed by atoms with Gasteiger partial charge in [0.25, 0.3) is 15.9 Å². The monoisotopic (exact) mass is 486 g/mol. The zero-order valence-electron chi connectivity index (χ0n) is 18.3. The van der Waals surface area contributed by atoms with E-state index in [9.17, 15) is 18.0 Å². The van der Waals surface area contributed by atoms with Gasteiger partial charge in [0.1, 0.15) is 0 Å². The SMILES string of the molecule is CCOC(=O)c1ccc(NC(=O)c2cccc(NS(=O)(=O)c3ccc(C)cc3)c2C)c(Cl)c1. The molecule has 2 N–H and O–H groups in total. The highest BCUT2D eigenvalue weighted by atomic mass is 35.5. The van der Waals surface area contributed by atoms with Crippen molar-refractivity contribution in [2.45, 2.75) is 25.7 Å². The van der Waals surface area contributed by atoms with E-state index in [2.05, 4.69) is 10.0 Å². The van der Waals surface area contributed by atoms with Crippen molar-refractivity contribution in [3.05, 3.63) is 87.9 Å². The third kappa shape index (κ3) is 5.71. The number of hydrogen-bond acceptors (Lipinski definition) is 5. The number of amides is 1. The molecule has 0 unspecified atom stereocenters. The van der Waals surface area contributed by atoms with Crippen molar-refractivity contribution >= 4 is 44.9 Å². The van der Waals surface area contributed by atoms with Crippen LogP contribution in [0.4, 0.5) is 11.4 Å². The van der Waals surface area contributed by atoms with E-state index in [0.29, 0.717) is 11.3 Å². The summed E-state index contributed by atoms with van der Waals surface area (Å²) in [6, 6.07) is 15.6. The highest BCUT2D eigenvalue weighted by Crippen LogP contribution is 2.27. The molecule has 0 aliphatic heterocycles. The van der Waals surface area contributed by atoms with Gasteiger partial charge < -0.3 is 10.1 Å². The molecule has 0 atom stereocenters.